The van der Waals surface area contributed by atoms with Crippen LogP contribution in [0.15, 0.2) is 18.2 Å². The van der Waals surface area contributed by atoms with Crippen LogP contribution >= 0.6 is 0 Å². The molecule has 1 N–H and O–H groups in total. The molecule has 3 aliphatic rings. The number of carbonyl (C=O) groups excluding carboxylic acids is 5. The lowest BCUT2D eigenvalue weighted by Crippen LogP contribution is -2.57. The normalized spacial score (nSPS) is 21.6. The second kappa shape index (κ2) is 7.36. The highest BCUT2D eigenvalue weighted by Gasteiger charge is 2.46. The highest BCUT2D eigenvalue weighted by atomic mass is 16.6. The van der Waals surface area contributed by atoms with Gasteiger partial charge in [-0.1, -0.05) is 6.07 Å². The second-order valence-corrected chi connectivity index (χ2v) is 8.75. The number of piperidine rings is 1. The van der Waals surface area contributed by atoms with E-state index in [0.717, 1.165) is 4.90 Å². The molecule has 31 heavy (non-hydrogen) atoms. The molecular formula is C21H23N3O7. The topological polar surface area (TPSA) is 122 Å². The van der Waals surface area contributed by atoms with Gasteiger partial charge in [0.05, 0.1) is 24.2 Å². The number of fused-ring (bicyclic) bond motifs is 1. The Hall–Kier alpha value is -3.43. The van der Waals surface area contributed by atoms with Gasteiger partial charge in [-0.3, -0.25) is 29.4 Å². The zero-order chi connectivity index (χ0) is 22.5. The highest BCUT2D eigenvalue weighted by molar-refractivity contribution is 6.24. The Kier molecular flexibility index (Phi) is 4.95. The summed E-state index contributed by atoms with van der Waals surface area (Å²) in [5, 5.41) is 2.17. The number of ether oxygens (including phenoxy) is 2. The number of carbonyl (C=O) groups is 5. The van der Waals surface area contributed by atoms with Crippen molar-refractivity contribution in [3.8, 4) is 5.75 Å². The molecule has 5 amide bonds. The minimum atomic E-state index is -1.04. The Balaban J connectivity index is 1.47. The van der Waals surface area contributed by atoms with E-state index in [2.05, 4.69) is 5.32 Å². The number of nitrogens with one attached hydrogen (secondary N) is 1. The summed E-state index contributed by atoms with van der Waals surface area (Å²) < 4.78 is 11.2. The summed E-state index contributed by atoms with van der Waals surface area (Å²) in [7, 11) is 0. The molecule has 1 atom stereocenters. The smallest absolute Gasteiger partial charge is 0.410 e. The van der Waals surface area contributed by atoms with Crippen molar-refractivity contribution in [1.82, 2.24) is 15.1 Å². The molecule has 0 aromatic heterocycles. The van der Waals surface area contributed by atoms with Gasteiger partial charge in [-0.2, -0.15) is 0 Å². The predicted octanol–water partition coefficient (Wildman–Crippen LogP) is 1.09. The average Bonchev–Trinajstić information content (AvgIpc) is 2.88. The van der Waals surface area contributed by atoms with Gasteiger partial charge in [-0.25, -0.2) is 4.79 Å². The zero-order valence-electron chi connectivity index (χ0n) is 17.5. The van der Waals surface area contributed by atoms with Gasteiger partial charge in [0.2, 0.25) is 11.8 Å². The minimum Gasteiger partial charge on any atom is -0.486 e. The number of likely N-dealkylation sites (tertiary alicyclic amines) is 1. The van der Waals surface area contributed by atoms with Crippen LogP contribution in [0.2, 0.25) is 0 Å². The average molecular weight is 429 g/mol. The van der Waals surface area contributed by atoms with Crippen LogP contribution in [0.1, 0.15) is 54.3 Å². The number of benzene rings is 1. The van der Waals surface area contributed by atoms with E-state index in [0.29, 0.717) is 0 Å². The summed E-state index contributed by atoms with van der Waals surface area (Å²) in [6, 6.07) is 3.64. The fraction of sp³-hybridized carbons (Fsp3) is 0.476. The maximum atomic E-state index is 13.0. The summed E-state index contributed by atoms with van der Waals surface area (Å²) in [4.78, 5) is 63.9. The third-order valence-corrected chi connectivity index (χ3v) is 5.22. The van der Waals surface area contributed by atoms with Crippen molar-refractivity contribution in [3.05, 3.63) is 29.3 Å². The molecule has 0 bridgehead atoms. The molecular weight excluding hydrogens is 406 g/mol. The van der Waals surface area contributed by atoms with Crippen molar-refractivity contribution in [3.63, 3.8) is 0 Å². The van der Waals surface area contributed by atoms with Gasteiger partial charge in [-0.15, -0.1) is 0 Å². The summed E-state index contributed by atoms with van der Waals surface area (Å²) in [6.45, 7) is 5.92. The maximum absolute atomic E-state index is 13.0. The molecule has 0 aliphatic carbocycles. The Morgan fingerprint density at radius 2 is 1.81 bits per heavy atom. The van der Waals surface area contributed by atoms with Crippen molar-refractivity contribution in [1.29, 1.82) is 0 Å². The van der Waals surface area contributed by atoms with E-state index in [1.807, 2.05) is 0 Å². The highest BCUT2D eigenvalue weighted by Crippen LogP contribution is 2.34. The fourth-order valence-electron chi connectivity index (χ4n) is 3.75. The van der Waals surface area contributed by atoms with Gasteiger partial charge in [-0.05, 0) is 39.3 Å². The molecule has 4 rings (SSSR count). The lowest BCUT2D eigenvalue weighted by Gasteiger charge is -2.39. The van der Waals surface area contributed by atoms with E-state index in [1.54, 1.807) is 32.9 Å². The van der Waals surface area contributed by atoms with E-state index in [9.17, 15) is 24.0 Å². The van der Waals surface area contributed by atoms with Crippen LogP contribution in [0.3, 0.4) is 0 Å². The molecule has 2 saturated heterocycles. The molecule has 3 aliphatic heterocycles. The predicted molar refractivity (Wildman–Crippen MR) is 105 cm³/mol. The molecule has 1 unspecified atom stereocenters. The van der Waals surface area contributed by atoms with Gasteiger partial charge < -0.3 is 14.4 Å². The van der Waals surface area contributed by atoms with Crippen LogP contribution in [0.4, 0.5) is 4.79 Å². The van der Waals surface area contributed by atoms with Crippen molar-refractivity contribution >= 4 is 29.7 Å². The second-order valence-electron chi connectivity index (χ2n) is 8.75. The van der Waals surface area contributed by atoms with Crippen molar-refractivity contribution < 1.29 is 33.4 Å². The minimum absolute atomic E-state index is 0.0513. The third-order valence-electron chi connectivity index (χ3n) is 5.22. The summed E-state index contributed by atoms with van der Waals surface area (Å²) >= 11 is 0. The molecule has 2 fully saturated rings. The fourth-order valence-corrected chi connectivity index (χ4v) is 3.75. The Bertz CT molecular complexity index is 991. The first-order valence-electron chi connectivity index (χ1n) is 10.0. The number of hydrogen-bond donors (Lipinski definition) is 1. The van der Waals surface area contributed by atoms with E-state index in [1.165, 1.54) is 11.0 Å². The first kappa shape index (κ1) is 20.8. The molecule has 164 valence electrons. The van der Waals surface area contributed by atoms with Crippen LogP contribution in [0.5, 0.6) is 5.75 Å². The maximum Gasteiger partial charge on any atom is 0.410 e. The Labute approximate surface area is 178 Å². The van der Waals surface area contributed by atoms with Crippen LogP contribution in [-0.4, -0.2) is 70.4 Å². The quantitative estimate of drug-likeness (QED) is 0.714. The number of imide groups is 2. The first-order valence-corrected chi connectivity index (χ1v) is 10.0. The van der Waals surface area contributed by atoms with E-state index >= 15 is 0 Å². The number of nitrogens with zero attached hydrogens (tertiary/aromatic N) is 2. The molecule has 1 aromatic carbocycles. The summed E-state index contributed by atoms with van der Waals surface area (Å²) in [5.41, 5.74) is -0.362. The van der Waals surface area contributed by atoms with E-state index < -0.39 is 41.4 Å². The van der Waals surface area contributed by atoms with Gasteiger partial charge in [0.25, 0.3) is 11.8 Å². The molecule has 10 heteroatoms. The molecule has 0 spiro atoms. The van der Waals surface area contributed by atoms with Crippen molar-refractivity contribution in [2.75, 3.05) is 13.1 Å². The molecule has 0 radical (unpaired) electrons. The Morgan fingerprint density at radius 3 is 2.45 bits per heavy atom. The van der Waals surface area contributed by atoms with Crippen molar-refractivity contribution in [2.45, 2.75) is 51.4 Å². The largest absolute Gasteiger partial charge is 0.486 e. The van der Waals surface area contributed by atoms with Gasteiger partial charge >= 0.3 is 6.09 Å². The summed E-state index contributed by atoms with van der Waals surface area (Å²) in [6.07, 6.45) is -0.664. The molecule has 1 aromatic rings. The molecule has 10 nitrogen and oxygen atoms in total. The summed E-state index contributed by atoms with van der Waals surface area (Å²) in [5.74, 6) is -2.10. The lowest BCUT2D eigenvalue weighted by atomic mass is 10.0. The van der Waals surface area contributed by atoms with Crippen LogP contribution in [0, 0.1) is 0 Å². The van der Waals surface area contributed by atoms with E-state index in [-0.39, 0.29) is 48.9 Å². The van der Waals surface area contributed by atoms with Crippen molar-refractivity contribution in [2.24, 2.45) is 0 Å². The monoisotopic (exact) mass is 429 g/mol. The van der Waals surface area contributed by atoms with Crippen LogP contribution < -0.4 is 10.1 Å². The number of rotatable bonds is 3. The third kappa shape index (κ3) is 3.85. The van der Waals surface area contributed by atoms with Gasteiger partial charge in [0, 0.05) is 6.42 Å². The molecule has 0 saturated carbocycles. The number of amides is 5. The Morgan fingerprint density at radius 1 is 1.10 bits per heavy atom. The van der Waals surface area contributed by atoms with Crippen LogP contribution in [-0.2, 0) is 14.3 Å². The zero-order valence-corrected chi connectivity index (χ0v) is 17.5. The first-order chi connectivity index (χ1) is 14.5. The van der Waals surface area contributed by atoms with Gasteiger partial charge in [0.1, 0.15) is 23.5 Å². The van der Waals surface area contributed by atoms with E-state index in [4.69, 9.17) is 9.47 Å². The number of hydrogen-bond acceptors (Lipinski definition) is 7. The molecule has 3 heterocycles. The van der Waals surface area contributed by atoms with Crippen LogP contribution in [0.25, 0.3) is 0 Å². The lowest BCUT2D eigenvalue weighted by molar-refractivity contribution is -0.136. The van der Waals surface area contributed by atoms with Gasteiger partial charge in [0.15, 0.2) is 0 Å². The SMILES string of the molecule is CC(C)(C)OC(=O)N1CC(Oc2cccc3c2C(=O)N(C2CCC(=O)NC2=O)C3=O)C1. The standard InChI is InChI=1S/C21H23N3O7/c1-21(2,3)31-20(29)23-9-11(10-23)30-14-6-4-5-12-16(14)19(28)24(18(12)27)13-7-8-15(25)22-17(13)26/h4-6,11,13H,7-10H2,1-3H3,(H,22,25,26).